The highest BCUT2D eigenvalue weighted by Gasteiger charge is 2.32. The van der Waals surface area contributed by atoms with E-state index in [0.29, 0.717) is 11.5 Å². The van der Waals surface area contributed by atoms with Gasteiger partial charge in [0.05, 0.1) is 0 Å². The minimum absolute atomic E-state index is 0.590. The standard InChI is InChI=1S/C13H17ClO2/c1-9(2)8-10-4-6-11(7-5-10)13(3,14)12(15)16/h4-7,9H,8H2,1-3H3,(H,15,16). The smallest absolute Gasteiger partial charge is 0.329 e. The average molecular weight is 241 g/mol. The van der Waals surface area contributed by atoms with Crippen molar-refractivity contribution in [2.45, 2.75) is 32.1 Å². The molecule has 0 fully saturated rings. The molecule has 0 radical (unpaired) electrons. The van der Waals surface area contributed by atoms with Gasteiger partial charge in [0.1, 0.15) is 0 Å². The van der Waals surface area contributed by atoms with E-state index >= 15 is 0 Å². The molecule has 3 heteroatoms. The zero-order valence-electron chi connectivity index (χ0n) is 9.83. The van der Waals surface area contributed by atoms with Gasteiger partial charge in [0.2, 0.25) is 0 Å². The second-order valence-corrected chi connectivity index (χ2v) is 5.36. The highest BCUT2D eigenvalue weighted by Crippen LogP contribution is 2.29. The van der Waals surface area contributed by atoms with Gasteiger partial charge < -0.3 is 5.11 Å². The molecule has 0 aliphatic carbocycles. The summed E-state index contributed by atoms with van der Waals surface area (Å²) in [6.07, 6.45) is 0.992. The van der Waals surface area contributed by atoms with E-state index in [2.05, 4.69) is 13.8 Å². The van der Waals surface area contributed by atoms with Gasteiger partial charge in [0, 0.05) is 0 Å². The third-order valence-electron chi connectivity index (χ3n) is 2.54. The van der Waals surface area contributed by atoms with Crippen LogP contribution < -0.4 is 0 Å². The van der Waals surface area contributed by atoms with Crippen LogP contribution >= 0.6 is 11.6 Å². The minimum atomic E-state index is -1.34. The first-order chi connectivity index (χ1) is 7.34. The molecule has 0 aliphatic heterocycles. The Balaban J connectivity index is 2.91. The number of alkyl halides is 1. The molecule has 0 bridgehead atoms. The number of hydrogen-bond donors (Lipinski definition) is 1. The van der Waals surface area contributed by atoms with Gasteiger partial charge in [-0.15, -0.1) is 11.6 Å². The predicted molar refractivity (Wildman–Crippen MR) is 65.8 cm³/mol. The lowest BCUT2D eigenvalue weighted by molar-refractivity contribution is -0.139. The summed E-state index contributed by atoms with van der Waals surface area (Å²) in [6, 6.07) is 7.47. The molecule has 0 spiro atoms. The summed E-state index contributed by atoms with van der Waals surface area (Å²) in [5.41, 5.74) is 1.82. The van der Waals surface area contributed by atoms with Crippen molar-refractivity contribution in [2.24, 2.45) is 5.92 Å². The van der Waals surface area contributed by atoms with Crippen LogP contribution in [0.15, 0.2) is 24.3 Å². The van der Waals surface area contributed by atoms with Crippen molar-refractivity contribution in [3.63, 3.8) is 0 Å². The van der Waals surface area contributed by atoms with Crippen LogP contribution in [0.2, 0.25) is 0 Å². The lowest BCUT2D eigenvalue weighted by Gasteiger charge is -2.17. The molecule has 0 saturated carbocycles. The van der Waals surface area contributed by atoms with Crippen molar-refractivity contribution in [3.8, 4) is 0 Å². The zero-order chi connectivity index (χ0) is 12.3. The Morgan fingerprint density at radius 1 is 1.38 bits per heavy atom. The maximum Gasteiger partial charge on any atom is 0.329 e. The summed E-state index contributed by atoms with van der Waals surface area (Å²) >= 11 is 5.96. The fourth-order valence-electron chi connectivity index (χ4n) is 1.55. The molecule has 1 atom stereocenters. The van der Waals surface area contributed by atoms with Crippen molar-refractivity contribution in [2.75, 3.05) is 0 Å². The fourth-order valence-corrected chi connectivity index (χ4v) is 1.67. The second-order valence-electron chi connectivity index (χ2n) is 4.60. The van der Waals surface area contributed by atoms with Gasteiger partial charge in [-0.2, -0.15) is 0 Å². The number of hydrogen-bond acceptors (Lipinski definition) is 1. The van der Waals surface area contributed by atoms with E-state index < -0.39 is 10.8 Å². The van der Waals surface area contributed by atoms with Crippen LogP contribution in [0.1, 0.15) is 31.9 Å². The van der Waals surface area contributed by atoms with Gasteiger partial charge in [-0.05, 0) is 30.4 Å². The highest BCUT2D eigenvalue weighted by molar-refractivity contribution is 6.33. The van der Waals surface area contributed by atoms with Gasteiger partial charge >= 0.3 is 5.97 Å². The Morgan fingerprint density at radius 3 is 2.25 bits per heavy atom. The molecule has 1 unspecified atom stereocenters. The third-order valence-corrected chi connectivity index (χ3v) is 2.92. The van der Waals surface area contributed by atoms with Crippen molar-refractivity contribution in [1.82, 2.24) is 0 Å². The van der Waals surface area contributed by atoms with E-state index in [1.165, 1.54) is 12.5 Å². The Morgan fingerprint density at radius 2 is 1.88 bits per heavy atom. The number of aliphatic carboxylic acids is 1. The molecule has 1 rings (SSSR count). The maximum atomic E-state index is 11.0. The van der Waals surface area contributed by atoms with Crippen LogP contribution in [0.25, 0.3) is 0 Å². The number of carboxylic acid groups (broad SMARTS) is 1. The van der Waals surface area contributed by atoms with Gasteiger partial charge in [0.15, 0.2) is 4.87 Å². The first-order valence-corrected chi connectivity index (χ1v) is 5.73. The third kappa shape index (κ3) is 2.99. The van der Waals surface area contributed by atoms with Gasteiger partial charge in [-0.1, -0.05) is 38.1 Å². The van der Waals surface area contributed by atoms with Crippen LogP contribution in [0.4, 0.5) is 0 Å². The second kappa shape index (κ2) is 4.88. The Kier molecular flexibility index (Phi) is 3.98. The molecule has 1 aromatic rings. The molecule has 0 heterocycles. The lowest BCUT2D eigenvalue weighted by Crippen LogP contribution is -2.25. The molecular weight excluding hydrogens is 224 g/mol. The molecule has 1 aromatic carbocycles. The van der Waals surface area contributed by atoms with Crippen molar-refractivity contribution in [3.05, 3.63) is 35.4 Å². The molecule has 0 aromatic heterocycles. The first kappa shape index (κ1) is 13.0. The minimum Gasteiger partial charge on any atom is -0.480 e. The van der Waals surface area contributed by atoms with Crippen LogP contribution in [0.5, 0.6) is 0 Å². The normalized spacial score (nSPS) is 14.8. The molecule has 0 amide bonds. The molecule has 1 N–H and O–H groups in total. The van der Waals surface area contributed by atoms with Crippen molar-refractivity contribution in [1.29, 1.82) is 0 Å². The molecule has 0 saturated heterocycles. The Labute approximate surface area is 101 Å². The number of rotatable bonds is 4. The summed E-state index contributed by atoms with van der Waals surface area (Å²) in [6.45, 7) is 5.79. The Hall–Kier alpha value is -1.02. The molecular formula is C13H17ClO2. The first-order valence-electron chi connectivity index (χ1n) is 5.35. The van der Waals surface area contributed by atoms with Gasteiger partial charge in [-0.3, -0.25) is 0 Å². The maximum absolute atomic E-state index is 11.0. The van der Waals surface area contributed by atoms with E-state index in [1.807, 2.05) is 12.1 Å². The number of carboxylic acids is 1. The van der Waals surface area contributed by atoms with Crippen molar-refractivity contribution < 1.29 is 9.90 Å². The van der Waals surface area contributed by atoms with Gasteiger partial charge in [-0.25, -0.2) is 4.79 Å². The summed E-state index contributed by atoms with van der Waals surface area (Å²) < 4.78 is 0. The summed E-state index contributed by atoms with van der Waals surface area (Å²) in [5, 5.41) is 8.98. The van der Waals surface area contributed by atoms with E-state index in [-0.39, 0.29) is 0 Å². The van der Waals surface area contributed by atoms with Crippen LogP contribution in [0, 0.1) is 5.92 Å². The van der Waals surface area contributed by atoms with E-state index in [1.54, 1.807) is 12.1 Å². The quantitative estimate of drug-likeness (QED) is 0.819. The highest BCUT2D eigenvalue weighted by atomic mass is 35.5. The molecule has 16 heavy (non-hydrogen) atoms. The summed E-state index contributed by atoms with van der Waals surface area (Å²) in [7, 11) is 0. The Bertz CT molecular complexity index is 366. The van der Waals surface area contributed by atoms with Crippen molar-refractivity contribution >= 4 is 17.6 Å². The van der Waals surface area contributed by atoms with Crippen LogP contribution in [-0.2, 0) is 16.1 Å². The van der Waals surface area contributed by atoms with E-state index in [4.69, 9.17) is 16.7 Å². The fraction of sp³-hybridized carbons (Fsp3) is 0.462. The number of halogens is 1. The summed E-state index contributed by atoms with van der Waals surface area (Å²) in [4.78, 5) is 9.62. The predicted octanol–water partition coefficient (Wildman–Crippen LogP) is 3.42. The zero-order valence-corrected chi connectivity index (χ0v) is 10.6. The lowest BCUT2D eigenvalue weighted by atomic mass is 9.96. The monoisotopic (exact) mass is 240 g/mol. The summed E-state index contributed by atoms with van der Waals surface area (Å²) in [5.74, 6) is -0.432. The van der Waals surface area contributed by atoms with E-state index in [0.717, 1.165) is 6.42 Å². The SMILES string of the molecule is CC(C)Cc1ccc(C(C)(Cl)C(=O)O)cc1. The van der Waals surface area contributed by atoms with Crippen LogP contribution in [0.3, 0.4) is 0 Å². The number of carbonyl (C=O) groups is 1. The largest absolute Gasteiger partial charge is 0.480 e. The topological polar surface area (TPSA) is 37.3 Å². The average Bonchev–Trinajstić information content (AvgIpc) is 2.17. The van der Waals surface area contributed by atoms with E-state index in [9.17, 15) is 4.79 Å². The number of benzene rings is 1. The molecule has 88 valence electrons. The van der Waals surface area contributed by atoms with Gasteiger partial charge in [0.25, 0.3) is 0 Å². The molecule has 0 aliphatic rings. The van der Waals surface area contributed by atoms with Crippen LogP contribution in [-0.4, -0.2) is 11.1 Å². The molecule has 2 nitrogen and oxygen atoms in total.